The molecule has 1 aliphatic rings. The molecule has 4 N–H and O–H groups in total. The summed E-state index contributed by atoms with van der Waals surface area (Å²) in [6.45, 7) is 0. The fourth-order valence-electron chi connectivity index (χ4n) is 3.59. The minimum Gasteiger partial charge on any atom is -0.441 e. The van der Waals surface area contributed by atoms with Crippen LogP contribution in [0.25, 0.3) is 0 Å². The Bertz CT molecular complexity index is 1200. The van der Waals surface area contributed by atoms with Crippen LogP contribution in [0.1, 0.15) is 27.0 Å². The van der Waals surface area contributed by atoms with Crippen molar-refractivity contribution in [1.29, 1.82) is 0 Å². The SMILES string of the molecule is O=C1OC(c2ccc(OP(=O)(O)O)cc2)(c2ccc(OP(=O)(O)O)cc2)c2ccccc21.[Na+]. The average molecular weight is 501 g/mol. The maximum Gasteiger partial charge on any atom is 1.00 e. The molecular weight excluding hydrogens is 485 g/mol. The molecule has 0 aliphatic carbocycles. The number of phosphoric ester groups is 2. The first kappa shape index (κ1) is 25.6. The number of hydrogen-bond donors (Lipinski definition) is 4. The van der Waals surface area contributed by atoms with Crippen molar-refractivity contribution in [2.75, 3.05) is 0 Å². The Morgan fingerprint density at radius 1 is 0.697 bits per heavy atom. The molecule has 0 bridgehead atoms. The zero-order valence-corrected chi connectivity index (χ0v) is 20.8. The van der Waals surface area contributed by atoms with E-state index in [0.717, 1.165) is 0 Å². The summed E-state index contributed by atoms with van der Waals surface area (Å²) in [6, 6.07) is 18.0. The molecule has 1 heterocycles. The second kappa shape index (κ2) is 9.35. The Kier molecular flexibility index (Phi) is 7.27. The fraction of sp³-hybridized carbons (Fsp3) is 0.0500. The van der Waals surface area contributed by atoms with E-state index in [4.69, 9.17) is 24.3 Å². The Labute approximate surface area is 209 Å². The quantitative estimate of drug-likeness (QED) is 0.207. The monoisotopic (exact) mass is 501 g/mol. The van der Waals surface area contributed by atoms with Gasteiger partial charge in [0.1, 0.15) is 11.5 Å². The Balaban J connectivity index is 0.00000306. The molecule has 3 aromatic carbocycles. The number of carbonyl (C=O) groups is 1. The van der Waals surface area contributed by atoms with Gasteiger partial charge in [-0.05, 0) is 30.3 Å². The van der Waals surface area contributed by atoms with E-state index in [2.05, 4.69) is 9.05 Å². The van der Waals surface area contributed by atoms with Gasteiger partial charge in [0.15, 0.2) is 5.60 Å². The van der Waals surface area contributed by atoms with Gasteiger partial charge in [0.05, 0.1) is 5.56 Å². The summed E-state index contributed by atoms with van der Waals surface area (Å²) in [4.78, 5) is 48.7. The van der Waals surface area contributed by atoms with Crippen molar-refractivity contribution in [3.63, 3.8) is 0 Å². The maximum absolute atomic E-state index is 12.7. The zero-order valence-electron chi connectivity index (χ0n) is 17.1. The van der Waals surface area contributed by atoms with Gasteiger partial charge in [-0.2, -0.15) is 0 Å². The topological polar surface area (TPSA) is 160 Å². The molecule has 0 atom stereocenters. The molecule has 0 saturated heterocycles. The molecule has 4 rings (SSSR count). The first-order chi connectivity index (χ1) is 15.0. The molecule has 0 aromatic heterocycles. The minimum atomic E-state index is -4.75. The van der Waals surface area contributed by atoms with E-state index in [1.807, 2.05) is 0 Å². The van der Waals surface area contributed by atoms with E-state index in [1.54, 1.807) is 24.3 Å². The van der Waals surface area contributed by atoms with Crippen LogP contribution in [-0.2, 0) is 19.5 Å². The van der Waals surface area contributed by atoms with E-state index >= 15 is 0 Å². The third-order valence-electron chi connectivity index (χ3n) is 4.74. The zero-order chi connectivity index (χ0) is 23.1. The summed E-state index contributed by atoms with van der Waals surface area (Å²) >= 11 is 0. The van der Waals surface area contributed by atoms with Crippen molar-refractivity contribution < 1.29 is 76.8 Å². The average Bonchev–Trinajstić information content (AvgIpc) is 3.01. The summed E-state index contributed by atoms with van der Waals surface area (Å²) in [5, 5.41) is 0. The first-order valence-corrected chi connectivity index (χ1v) is 12.1. The number of fused-ring (bicyclic) bond motifs is 1. The van der Waals surface area contributed by atoms with E-state index < -0.39 is 27.2 Å². The van der Waals surface area contributed by atoms with Crippen molar-refractivity contribution in [3.05, 3.63) is 95.1 Å². The third-order valence-corrected chi connectivity index (χ3v) is 5.64. The predicted octanol–water partition coefficient (Wildman–Crippen LogP) is 0.0959. The van der Waals surface area contributed by atoms with Crippen LogP contribution in [0.4, 0.5) is 0 Å². The normalized spacial score (nSPS) is 14.6. The van der Waals surface area contributed by atoms with Gasteiger partial charge in [0.2, 0.25) is 0 Å². The Morgan fingerprint density at radius 3 is 1.55 bits per heavy atom. The minimum absolute atomic E-state index is 0. The van der Waals surface area contributed by atoms with Gasteiger partial charge in [0.25, 0.3) is 0 Å². The molecule has 0 unspecified atom stereocenters. The van der Waals surface area contributed by atoms with Crippen LogP contribution >= 0.6 is 15.6 Å². The second-order valence-corrected chi connectivity index (χ2v) is 9.16. The number of carbonyl (C=O) groups excluding carboxylic acids is 1. The predicted molar refractivity (Wildman–Crippen MR) is 110 cm³/mol. The van der Waals surface area contributed by atoms with Gasteiger partial charge in [-0.15, -0.1) is 0 Å². The molecular formula is C20H16NaO10P2+. The third kappa shape index (κ3) is 5.41. The largest absolute Gasteiger partial charge is 1.00 e. The number of hydrogen-bond acceptors (Lipinski definition) is 6. The van der Waals surface area contributed by atoms with Crippen LogP contribution in [0.2, 0.25) is 0 Å². The van der Waals surface area contributed by atoms with E-state index in [0.29, 0.717) is 22.3 Å². The number of rotatable bonds is 6. The summed E-state index contributed by atoms with van der Waals surface area (Å²) in [6.07, 6.45) is 0. The smallest absolute Gasteiger partial charge is 0.441 e. The van der Waals surface area contributed by atoms with E-state index in [9.17, 15) is 13.9 Å². The Morgan fingerprint density at radius 2 is 1.12 bits per heavy atom. The van der Waals surface area contributed by atoms with E-state index in [1.165, 1.54) is 48.5 Å². The van der Waals surface area contributed by atoms with Gasteiger partial charge in [-0.25, -0.2) is 13.9 Å². The molecule has 166 valence electrons. The number of cyclic esters (lactones) is 1. The standard InChI is InChI=1S/C20H16O10P2.Na/c21-19-17-3-1-2-4-18(17)20(28-19,13-5-9-15(10-6-13)29-31(22,23)24)14-7-11-16(12-8-14)30-32(25,26)27;/h1-12H,(H2,22,23,24)(H2,25,26,27);/q;+1. The molecule has 1 aliphatic heterocycles. The molecule has 13 heteroatoms. The summed E-state index contributed by atoms with van der Waals surface area (Å²) in [5.74, 6) is -0.743. The van der Waals surface area contributed by atoms with Gasteiger partial charge in [0, 0.05) is 16.7 Å². The molecule has 0 spiro atoms. The maximum atomic E-state index is 12.7. The van der Waals surface area contributed by atoms with Crippen LogP contribution in [0.15, 0.2) is 72.8 Å². The number of esters is 1. The summed E-state index contributed by atoms with van der Waals surface area (Å²) in [7, 11) is -9.50. The molecule has 0 saturated carbocycles. The first-order valence-electron chi connectivity index (χ1n) is 9.02. The summed E-state index contributed by atoms with van der Waals surface area (Å²) < 4.78 is 37.2. The van der Waals surface area contributed by atoms with Crippen molar-refractivity contribution in [2.24, 2.45) is 0 Å². The number of benzene rings is 3. The van der Waals surface area contributed by atoms with Crippen molar-refractivity contribution in [3.8, 4) is 11.5 Å². The van der Waals surface area contributed by atoms with Crippen LogP contribution < -0.4 is 38.6 Å². The molecule has 0 amide bonds. The van der Waals surface area contributed by atoms with Crippen LogP contribution in [0.5, 0.6) is 11.5 Å². The van der Waals surface area contributed by atoms with Crippen molar-refractivity contribution in [2.45, 2.75) is 5.60 Å². The van der Waals surface area contributed by atoms with Crippen molar-refractivity contribution >= 4 is 21.6 Å². The molecule has 10 nitrogen and oxygen atoms in total. The number of phosphoric acid groups is 2. The van der Waals surface area contributed by atoms with Gasteiger partial charge < -0.3 is 13.8 Å². The second-order valence-electron chi connectivity index (χ2n) is 6.83. The Hall–Kier alpha value is -1.97. The van der Waals surface area contributed by atoms with E-state index in [-0.39, 0.29) is 41.1 Å². The molecule has 3 aromatic rings. The molecule has 0 radical (unpaired) electrons. The van der Waals surface area contributed by atoms with Crippen LogP contribution in [0.3, 0.4) is 0 Å². The summed E-state index contributed by atoms with van der Waals surface area (Å²) in [5.41, 5.74) is 0.348. The van der Waals surface area contributed by atoms with Gasteiger partial charge >= 0.3 is 51.2 Å². The van der Waals surface area contributed by atoms with Gasteiger partial charge in [-0.3, -0.25) is 19.6 Å². The van der Waals surface area contributed by atoms with Crippen LogP contribution in [0, 0.1) is 0 Å². The van der Waals surface area contributed by atoms with Gasteiger partial charge in [-0.1, -0.05) is 42.5 Å². The number of ether oxygens (including phenoxy) is 1. The molecule has 33 heavy (non-hydrogen) atoms. The molecule has 0 fully saturated rings. The fourth-order valence-corrected chi connectivity index (χ4v) is 4.38. The van der Waals surface area contributed by atoms with Crippen LogP contribution in [-0.4, -0.2) is 25.5 Å². The van der Waals surface area contributed by atoms with Crippen molar-refractivity contribution in [1.82, 2.24) is 0 Å².